The first-order valence-corrected chi connectivity index (χ1v) is 14.9. The second kappa shape index (κ2) is 10.2. The normalized spacial score (nSPS) is 11.6. The van der Waals surface area contributed by atoms with Crippen molar-refractivity contribution in [2.75, 3.05) is 24.4 Å². The highest BCUT2D eigenvalue weighted by atomic mass is 28.3. The second-order valence-corrected chi connectivity index (χ2v) is 15.0. The van der Waals surface area contributed by atoms with Gasteiger partial charge in [0.1, 0.15) is 36.3 Å². The Morgan fingerprint density at radius 1 is 0.971 bits per heavy atom. The SMILES string of the molecule is COc1cc2c(cnn2COCC[Si](C)(C)C)cc1Nc1cc(Nc2cc(C)ccn2)ncn1. The van der Waals surface area contributed by atoms with E-state index in [0.29, 0.717) is 24.1 Å². The molecule has 0 spiro atoms. The molecule has 1 aromatic carbocycles. The molecule has 0 bridgehead atoms. The Balaban J connectivity index is 1.50. The lowest BCUT2D eigenvalue weighted by molar-refractivity contribution is 0.0817. The number of benzene rings is 1. The number of fused-ring (bicyclic) bond motifs is 1. The summed E-state index contributed by atoms with van der Waals surface area (Å²) in [4.78, 5) is 13.0. The Bertz CT molecular complexity index is 1270. The number of anilines is 4. The third-order valence-corrected chi connectivity index (χ3v) is 6.98. The molecule has 0 saturated carbocycles. The minimum absolute atomic E-state index is 0.415. The standard InChI is InChI=1S/C24H31N7O2Si/c1-17-6-7-25-22(10-17)30-24-13-23(26-15-27-24)29-19-11-18-14-28-31(20(18)12-21(19)32-2)16-33-8-9-34(3,4)5/h6-7,10-15H,8-9,16H2,1-5H3,(H2,25,26,27,29,30). The molecule has 0 saturated heterocycles. The smallest absolute Gasteiger partial charge is 0.144 e. The number of aromatic nitrogens is 5. The van der Waals surface area contributed by atoms with E-state index in [9.17, 15) is 0 Å². The van der Waals surface area contributed by atoms with Crippen molar-refractivity contribution in [3.05, 3.63) is 54.6 Å². The summed E-state index contributed by atoms with van der Waals surface area (Å²) in [6.07, 6.45) is 5.09. The fourth-order valence-corrected chi connectivity index (χ4v) is 4.13. The van der Waals surface area contributed by atoms with Gasteiger partial charge < -0.3 is 20.1 Å². The monoisotopic (exact) mass is 477 g/mol. The summed E-state index contributed by atoms with van der Waals surface area (Å²) < 4.78 is 13.4. The van der Waals surface area contributed by atoms with Crippen LogP contribution in [0.3, 0.4) is 0 Å². The minimum atomic E-state index is -1.12. The fraction of sp³-hybridized carbons (Fsp3) is 0.333. The van der Waals surface area contributed by atoms with Crippen molar-refractivity contribution < 1.29 is 9.47 Å². The summed E-state index contributed by atoms with van der Waals surface area (Å²) in [5, 5.41) is 12.0. The largest absolute Gasteiger partial charge is 0.494 e. The number of hydrogen-bond donors (Lipinski definition) is 2. The van der Waals surface area contributed by atoms with Crippen LogP contribution in [0.15, 0.2) is 49.1 Å². The second-order valence-electron chi connectivity index (χ2n) is 9.36. The van der Waals surface area contributed by atoms with Crippen LogP contribution >= 0.6 is 0 Å². The lowest BCUT2D eigenvalue weighted by Gasteiger charge is -2.15. The first-order chi connectivity index (χ1) is 16.3. The van der Waals surface area contributed by atoms with Gasteiger partial charge in [0, 0.05) is 38.4 Å². The summed E-state index contributed by atoms with van der Waals surface area (Å²) in [6.45, 7) is 10.2. The Hall–Kier alpha value is -3.50. The van der Waals surface area contributed by atoms with Crippen molar-refractivity contribution in [1.82, 2.24) is 24.7 Å². The highest BCUT2D eigenvalue weighted by Gasteiger charge is 2.14. The van der Waals surface area contributed by atoms with E-state index in [-0.39, 0.29) is 0 Å². The van der Waals surface area contributed by atoms with Crippen molar-refractivity contribution in [2.45, 2.75) is 39.3 Å². The predicted octanol–water partition coefficient (Wildman–Crippen LogP) is 5.34. The fourth-order valence-electron chi connectivity index (χ4n) is 3.37. The molecule has 0 radical (unpaired) electrons. The van der Waals surface area contributed by atoms with Crippen molar-refractivity contribution in [2.24, 2.45) is 0 Å². The molecule has 0 fully saturated rings. The van der Waals surface area contributed by atoms with Crippen LogP contribution in [-0.4, -0.2) is 46.5 Å². The molecule has 0 unspecified atom stereocenters. The molecule has 0 aliphatic carbocycles. The third kappa shape index (κ3) is 6.09. The number of aryl methyl sites for hydroxylation is 1. The van der Waals surface area contributed by atoms with Gasteiger partial charge in [-0.05, 0) is 36.7 Å². The minimum Gasteiger partial charge on any atom is -0.494 e. The van der Waals surface area contributed by atoms with Gasteiger partial charge in [0.2, 0.25) is 0 Å². The topological polar surface area (TPSA) is 99.0 Å². The number of nitrogens with zero attached hydrogens (tertiary/aromatic N) is 5. The zero-order valence-electron chi connectivity index (χ0n) is 20.3. The maximum atomic E-state index is 5.88. The van der Waals surface area contributed by atoms with Gasteiger partial charge in [0.15, 0.2) is 0 Å². The molecule has 10 heteroatoms. The number of methoxy groups -OCH3 is 1. The van der Waals surface area contributed by atoms with E-state index in [4.69, 9.17) is 9.47 Å². The number of pyridine rings is 1. The lowest BCUT2D eigenvalue weighted by atomic mass is 10.2. The summed E-state index contributed by atoms with van der Waals surface area (Å²) in [5.41, 5.74) is 2.85. The average Bonchev–Trinajstić information content (AvgIpc) is 3.17. The van der Waals surface area contributed by atoms with E-state index < -0.39 is 8.07 Å². The first kappa shape index (κ1) is 23.6. The van der Waals surface area contributed by atoms with Gasteiger partial charge in [0.05, 0.1) is 24.5 Å². The van der Waals surface area contributed by atoms with Crippen molar-refractivity contribution in [3.63, 3.8) is 0 Å². The van der Waals surface area contributed by atoms with Crippen LogP contribution < -0.4 is 15.4 Å². The Kier molecular flexibility index (Phi) is 7.08. The molecule has 4 aromatic rings. The molecule has 0 atom stereocenters. The first-order valence-electron chi connectivity index (χ1n) is 11.2. The molecule has 0 aliphatic rings. The van der Waals surface area contributed by atoms with E-state index in [1.54, 1.807) is 13.3 Å². The summed E-state index contributed by atoms with van der Waals surface area (Å²) in [7, 11) is 0.524. The van der Waals surface area contributed by atoms with Gasteiger partial charge in [-0.3, -0.25) is 0 Å². The van der Waals surface area contributed by atoms with Crippen LogP contribution in [0.4, 0.5) is 23.1 Å². The van der Waals surface area contributed by atoms with Crippen molar-refractivity contribution in [3.8, 4) is 5.75 Å². The highest BCUT2D eigenvalue weighted by molar-refractivity contribution is 6.76. The van der Waals surface area contributed by atoms with Gasteiger partial charge in [-0.15, -0.1) is 0 Å². The summed E-state index contributed by atoms with van der Waals surface area (Å²) in [6, 6.07) is 10.8. The molecule has 2 N–H and O–H groups in total. The molecule has 178 valence electrons. The van der Waals surface area contributed by atoms with Gasteiger partial charge in [-0.25, -0.2) is 19.6 Å². The van der Waals surface area contributed by atoms with Gasteiger partial charge >= 0.3 is 0 Å². The lowest BCUT2D eigenvalue weighted by Crippen LogP contribution is -2.22. The Morgan fingerprint density at radius 2 is 1.74 bits per heavy atom. The summed E-state index contributed by atoms with van der Waals surface area (Å²) >= 11 is 0. The molecule has 0 aliphatic heterocycles. The van der Waals surface area contributed by atoms with Crippen molar-refractivity contribution in [1.29, 1.82) is 0 Å². The quantitative estimate of drug-likeness (QED) is 0.233. The molecule has 3 heterocycles. The Morgan fingerprint density at radius 3 is 2.47 bits per heavy atom. The molecule has 4 rings (SSSR count). The molecular weight excluding hydrogens is 446 g/mol. The molecule has 9 nitrogen and oxygen atoms in total. The van der Waals surface area contributed by atoms with E-state index in [1.165, 1.54) is 6.33 Å². The van der Waals surface area contributed by atoms with Crippen LogP contribution in [0.2, 0.25) is 25.7 Å². The van der Waals surface area contributed by atoms with E-state index in [2.05, 4.69) is 50.3 Å². The number of ether oxygens (including phenoxy) is 2. The van der Waals surface area contributed by atoms with Crippen LogP contribution in [0.25, 0.3) is 10.9 Å². The van der Waals surface area contributed by atoms with Gasteiger partial charge in [-0.1, -0.05) is 19.6 Å². The van der Waals surface area contributed by atoms with E-state index in [0.717, 1.165) is 40.6 Å². The van der Waals surface area contributed by atoms with E-state index in [1.807, 2.05) is 48.1 Å². The number of hydrogen-bond acceptors (Lipinski definition) is 8. The van der Waals surface area contributed by atoms with Crippen LogP contribution in [-0.2, 0) is 11.5 Å². The molecule has 3 aromatic heterocycles. The number of rotatable bonds is 10. The maximum absolute atomic E-state index is 5.88. The third-order valence-electron chi connectivity index (χ3n) is 5.27. The average molecular weight is 478 g/mol. The highest BCUT2D eigenvalue weighted by Crippen LogP contribution is 2.32. The van der Waals surface area contributed by atoms with Crippen molar-refractivity contribution >= 4 is 42.1 Å². The van der Waals surface area contributed by atoms with Gasteiger partial charge in [-0.2, -0.15) is 5.10 Å². The predicted molar refractivity (Wildman–Crippen MR) is 138 cm³/mol. The van der Waals surface area contributed by atoms with Crippen LogP contribution in [0, 0.1) is 6.92 Å². The molecular formula is C24H31N7O2Si. The maximum Gasteiger partial charge on any atom is 0.144 e. The van der Waals surface area contributed by atoms with Crippen LogP contribution in [0.5, 0.6) is 5.75 Å². The van der Waals surface area contributed by atoms with E-state index >= 15 is 0 Å². The Labute approximate surface area is 200 Å². The molecule has 0 amide bonds. The summed E-state index contributed by atoms with van der Waals surface area (Å²) in [5.74, 6) is 2.68. The zero-order valence-corrected chi connectivity index (χ0v) is 21.3. The number of nitrogens with one attached hydrogen (secondary N) is 2. The zero-order chi connectivity index (χ0) is 24.1. The molecule has 34 heavy (non-hydrogen) atoms. The van der Waals surface area contributed by atoms with Gasteiger partial charge in [0.25, 0.3) is 0 Å². The van der Waals surface area contributed by atoms with Crippen LogP contribution in [0.1, 0.15) is 5.56 Å².